The van der Waals surface area contributed by atoms with Crippen LogP contribution in [0.2, 0.25) is 0 Å². The zero-order valence-corrected chi connectivity index (χ0v) is 13.9. The molecule has 130 valence electrons. The predicted octanol–water partition coefficient (Wildman–Crippen LogP) is 1.79. The topological polar surface area (TPSA) is 90.7 Å². The number of ether oxygens (including phenoxy) is 2. The third-order valence-corrected chi connectivity index (χ3v) is 3.78. The van der Waals surface area contributed by atoms with Gasteiger partial charge in [0.05, 0.1) is 12.6 Å². The number of nitrogens with two attached hydrogens (primary N) is 1. The van der Waals surface area contributed by atoms with Crippen molar-refractivity contribution in [3.63, 3.8) is 0 Å². The van der Waals surface area contributed by atoms with E-state index in [2.05, 4.69) is 5.32 Å². The number of hydrogen-bond acceptors (Lipinski definition) is 4. The Morgan fingerprint density at radius 3 is 2.75 bits per heavy atom. The minimum absolute atomic E-state index is 0.0238. The van der Waals surface area contributed by atoms with E-state index in [-0.39, 0.29) is 18.1 Å². The molecule has 0 unspecified atom stereocenters. The van der Waals surface area contributed by atoms with E-state index in [1.54, 1.807) is 24.3 Å². The highest BCUT2D eigenvalue weighted by atomic mass is 16.5. The maximum atomic E-state index is 12.0. The highest BCUT2D eigenvalue weighted by Crippen LogP contribution is 2.18. The molecule has 6 heteroatoms. The summed E-state index contributed by atoms with van der Waals surface area (Å²) in [4.78, 5) is 23.1. The molecule has 3 N–H and O–H groups in total. The van der Waals surface area contributed by atoms with E-state index in [4.69, 9.17) is 15.2 Å². The van der Waals surface area contributed by atoms with E-state index in [9.17, 15) is 9.59 Å². The number of amides is 2. The van der Waals surface area contributed by atoms with Crippen molar-refractivity contribution in [3.05, 3.63) is 42.0 Å². The summed E-state index contributed by atoms with van der Waals surface area (Å²) in [6.45, 7) is 3.03. The quantitative estimate of drug-likeness (QED) is 0.745. The Labute approximate surface area is 142 Å². The summed E-state index contributed by atoms with van der Waals surface area (Å²) in [6, 6.07) is 6.52. The van der Waals surface area contributed by atoms with Crippen molar-refractivity contribution in [1.29, 1.82) is 0 Å². The first-order chi connectivity index (χ1) is 11.6. The van der Waals surface area contributed by atoms with Gasteiger partial charge in [-0.15, -0.1) is 0 Å². The van der Waals surface area contributed by atoms with Gasteiger partial charge in [0, 0.05) is 18.6 Å². The second-order valence-electron chi connectivity index (χ2n) is 5.67. The molecule has 0 saturated carbocycles. The van der Waals surface area contributed by atoms with Crippen molar-refractivity contribution < 1.29 is 19.1 Å². The molecule has 0 aromatic heterocycles. The summed E-state index contributed by atoms with van der Waals surface area (Å²) in [6.07, 6.45) is 5.55. The molecule has 2 rings (SSSR count). The number of primary amides is 1. The van der Waals surface area contributed by atoms with Crippen LogP contribution in [0.3, 0.4) is 0 Å². The standard InChI is InChI=1S/C18H24N2O4/c1-2-3-4-5-17(21)20-15-10-11-23-12-16(15)24-14-8-6-13(7-9-14)18(19)22/h3-4,6-9,15-16H,2,5,10-12H2,1H3,(H2,19,22)(H,20,21)/t15-,16-/m1/s1. The van der Waals surface area contributed by atoms with Crippen molar-refractivity contribution in [2.24, 2.45) is 5.73 Å². The van der Waals surface area contributed by atoms with Crippen LogP contribution in [0.25, 0.3) is 0 Å². The molecule has 0 bridgehead atoms. The zero-order valence-electron chi connectivity index (χ0n) is 13.9. The minimum atomic E-state index is -0.479. The first-order valence-corrected chi connectivity index (χ1v) is 8.18. The molecule has 1 heterocycles. The molecule has 1 aromatic rings. The van der Waals surface area contributed by atoms with Gasteiger partial charge in [0.25, 0.3) is 0 Å². The fourth-order valence-corrected chi connectivity index (χ4v) is 2.49. The number of allylic oxidation sites excluding steroid dienone is 1. The Morgan fingerprint density at radius 2 is 2.08 bits per heavy atom. The Balaban J connectivity index is 1.94. The number of nitrogens with one attached hydrogen (secondary N) is 1. The van der Waals surface area contributed by atoms with E-state index >= 15 is 0 Å². The van der Waals surface area contributed by atoms with E-state index < -0.39 is 5.91 Å². The van der Waals surface area contributed by atoms with Crippen molar-refractivity contribution in [2.45, 2.75) is 38.3 Å². The Kier molecular flexibility index (Phi) is 6.81. The van der Waals surface area contributed by atoms with Crippen LogP contribution in [-0.4, -0.2) is 37.2 Å². The number of hydrogen-bond donors (Lipinski definition) is 2. The van der Waals surface area contributed by atoms with Crippen LogP contribution in [0.1, 0.15) is 36.5 Å². The molecule has 1 aliphatic rings. The summed E-state index contributed by atoms with van der Waals surface area (Å²) in [5, 5.41) is 3.01. The lowest BCUT2D eigenvalue weighted by Crippen LogP contribution is -2.51. The van der Waals surface area contributed by atoms with Gasteiger partial charge in [0.1, 0.15) is 11.9 Å². The van der Waals surface area contributed by atoms with Gasteiger partial charge in [-0.25, -0.2) is 0 Å². The number of benzene rings is 1. The Morgan fingerprint density at radius 1 is 1.33 bits per heavy atom. The second kappa shape index (κ2) is 9.08. The number of carbonyl (C=O) groups is 2. The molecule has 24 heavy (non-hydrogen) atoms. The fraction of sp³-hybridized carbons (Fsp3) is 0.444. The first kappa shape index (κ1) is 18.0. The van der Waals surface area contributed by atoms with Crippen LogP contribution in [0.4, 0.5) is 0 Å². The van der Waals surface area contributed by atoms with Crippen LogP contribution in [0.15, 0.2) is 36.4 Å². The average molecular weight is 332 g/mol. The maximum absolute atomic E-state index is 12.0. The van der Waals surface area contributed by atoms with E-state index in [1.165, 1.54) is 0 Å². The highest BCUT2D eigenvalue weighted by molar-refractivity contribution is 5.92. The first-order valence-electron chi connectivity index (χ1n) is 8.18. The van der Waals surface area contributed by atoms with Gasteiger partial charge in [0.15, 0.2) is 0 Å². The largest absolute Gasteiger partial charge is 0.486 e. The normalized spacial score (nSPS) is 20.7. The van der Waals surface area contributed by atoms with Gasteiger partial charge < -0.3 is 20.5 Å². The molecule has 1 fully saturated rings. The molecule has 0 aliphatic carbocycles. The molecule has 1 aromatic carbocycles. The van der Waals surface area contributed by atoms with Crippen molar-refractivity contribution in [3.8, 4) is 5.75 Å². The molecule has 1 saturated heterocycles. The van der Waals surface area contributed by atoms with Gasteiger partial charge in [-0.2, -0.15) is 0 Å². The predicted molar refractivity (Wildman–Crippen MR) is 90.8 cm³/mol. The Bertz CT molecular complexity index is 583. The van der Waals surface area contributed by atoms with E-state index in [1.807, 2.05) is 19.1 Å². The average Bonchev–Trinajstić information content (AvgIpc) is 2.57. The van der Waals surface area contributed by atoms with Crippen molar-refractivity contribution in [1.82, 2.24) is 5.32 Å². The molecular formula is C18H24N2O4. The molecule has 6 nitrogen and oxygen atoms in total. The minimum Gasteiger partial charge on any atom is -0.486 e. The van der Waals surface area contributed by atoms with Crippen LogP contribution in [-0.2, 0) is 9.53 Å². The molecule has 2 atom stereocenters. The maximum Gasteiger partial charge on any atom is 0.248 e. The lowest BCUT2D eigenvalue weighted by molar-refractivity contribution is -0.123. The summed E-state index contributed by atoms with van der Waals surface area (Å²) < 4.78 is 11.4. The van der Waals surface area contributed by atoms with Crippen molar-refractivity contribution >= 4 is 11.8 Å². The molecule has 0 spiro atoms. The van der Waals surface area contributed by atoms with Crippen LogP contribution < -0.4 is 15.8 Å². The molecule has 0 radical (unpaired) electrons. The number of rotatable bonds is 7. The van der Waals surface area contributed by atoms with Crippen molar-refractivity contribution in [2.75, 3.05) is 13.2 Å². The van der Waals surface area contributed by atoms with E-state index in [0.717, 1.165) is 6.42 Å². The van der Waals surface area contributed by atoms with Crippen LogP contribution in [0.5, 0.6) is 5.75 Å². The smallest absolute Gasteiger partial charge is 0.248 e. The van der Waals surface area contributed by atoms with Crippen LogP contribution >= 0.6 is 0 Å². The summed E-state index contributed by atoms with van der Waals surface area (Å²) in [5.74, 6) is 0.109. The summed E-state index contributed by atoms with van der Waals surface area (Å²) in [7, 11) is 0. The third-order valence-electron chi connectivity index (χ3n) is 3.78. The van der Waals surface area contributed by atoms with Gasteiger partial charge in [-0.1, -0.05) is 19.1 Å². The van der Waals surface area contributed by atoms with Gasteiger partial charge in [-0.05, 0) is 37.1 Å². The fourth-order valence-electron chi connectivity index (χ4n) is 2.49. The van der Waals surface area contributed by atoms with Gasteiger partial charge in [0.2, 0.25) is 11.8 Å². The number of carbonyl (C=O) groups excluding carboxylic acids is 2. The molecular weight excluding hydrogens is 308 g/mol. The lowest BCUT2D eigenvalue weighted by atomic mass is 10.1. The van der Waals surface area contributed by atoms with Gasteiger partial charge >= 0.3 is 0 Å². The van der Waals surface area contributed by atoms with Crippen LogP contribution in [0, 0.1) is 0 Å². The molecule has 2 amide bonds. The highest BCUT2D eigenvalue weighted by Gasteiger charge is 2.28. The monoisotopic (exact) mass is 332 g/mol. The lowest BCUT2D eigenvalue weighted by Gasteiger charge is -2.32. The summed E-state index contributed by atoms with van der Waals surface area (Å²) >= 11 is 0. The summed E-state index contributed by atoms with van der Waals surface area (Å²) in [5.41, 5.74) is 5.65. The third kappa shape index (κ3) is 5.38. The zero-order chi connectivity index (χ0) is 17.4. The van der Waals surface area contributed by atoms with Gasteiger partial charge in [-0.3, -0.25) is 9.59 Å². The van der Waals surface area contributed by atoms with E-state index in [0.29, 0.717) is 37.4 Å². The SMILES string of the molecule is CCC=CCC(=O)N[C@@H]1CCOC[C@H]1Oc1ccc(C(N)=O)cc1. The molecule has 1 aliphatic heterocycles. The second-order valence-corrected chi connectivity index (χ2v) is 5.67. The Hall–Kier alpha value is -2.34.